The molecule has 0 aliphatic rings. The molecule has 1 N–H and O–H groups in total. The topological polar surface area (TPSA) is 84.7 Å². The summed E-state index contributed by atoms with van der Waals surface area (Å²) in [6.07, 6.45) is 0. The van der Waals surface area contributed by atoms with Gasteiger partial charge >= 0.3 is 0 Å². The van der Waals surface area contributed by atoms with Crippen LogP contribution in [0.4, 0.5) is 11.4 Å². The average Bonchev–Trinajstić information content (AvgIpc) is 2.57. The third kappa shape index (κ3) is 5.02. The fraction of sp³-hybridized carbons (Fsp3) is 0.278. The van der Waals surface area contributed by atoms with E-state index in [4.69, 9.17) is 4.74 Å². The summed E-state index contributed by atoms with van der Waals surface area (Å²) in [4.78, 5) is 24.7. The van der Waals surface area contributed by atoms with Gasteiger partial charge in [-0.15, -0.1) is 0 Å². The molecule has 2 rings (SSSR count). The molecule has 132 valence electrons. The van der Waals surface area contributed by atoms with E-state index < -0.39 is 4.92 Å². The highest BCUT2D eigenvalue weighted by Gasteiger charge is 2.18. The lowest BCUT2D eigenvalue weighted by atomic mass is 10.1. The lowest BCUT2D eigenvalue weighted by Gasteiger charge is -2.17. The number of rotatable bonds is 7. The first-order valence-electron chi connectivity index (χ1n) is 7.76. The first kappa shape index (κ1) is 18.4. The van der Waals surface area contributed by atoms with E-state index in [0.717, 1.165) is 11.3 Å². The van der Waals surface area contributed by atoms with Crippen molar-refractivity contribution in [2.75, 3.05) is 26.0 Å². The molecule has 0 aliphatic heterocycles. The minimum absolute atomic E-state index is 0.105. The van der Waals surface area contributed by atoms with E-state index in [1.165, 1.54) is 6.07 Å². The number of likely N-dealkylation sites (N-methyl/N-ethyl adjacent to an activating group) is 1. The molecule has 0 unspecified atom stereocenters. The summed E-state index contributed by atoms with van der Waals surface area (Å²) in [7, 11) is 3.42. The molecule has 0 radical (unpaired) electrons. The van der Waals surface area contributed by atoms with Crippen molar-refractivity contribution in [3.8, 4) is 5.75 Å². The lowest BCUT2D eigenvalue weighted by molar-refractivity contribution is -0.384. The molecule has 0 fully saturated rings. The van der Waals surface area contributed by atoms with Crippen molar-refractivity contribution in [1.82, 2.24) is 4.90 Å². The molecular weight excluding hydrogens is 322 g/mol. The zero-order valence-electron chi connectivity index (χ0n) is 14.5. The molecular formula is C18H21N3O4. The largest absolute Gasteiger partial charge is 0.497 e. The van der Waals surface area contributed by atoms with Crippen LogP contribution in [0.2, 0.25) is 0 Å². The van der Waals surface area contributed by atoms with Crippen LogP contribution in [-0.2, 0) is 11.3 Å². The summed E-state index contributed by atoms with van der Waals surface area (Å²) in [6.45, 7) is 2.43. The molecule has 0 heterocycles. The molecule has 0 bridgehead atoms. The van der Waals surface area contributed by atoms with E-state index in [1.807, 2.05) is 36.2 Å². The quantitative estimate of drug-likeness (QED) is 0.617. The third-order valence-electron chi connectivity index (χ3n) is 3.74. The summed E-state index contributed by atoms with van der Waals surface area (Å²) in [5.74, 6) is 0.476. The van der Waals surface area contributed by atoms with Crippen LogP contribution in [0, 0.1) is 17.0 Å². The second-order valence-electron chi connectivity index (χ2n) is 5.79. The highest BCUT2D eigenvalue weighted by molar-refractivity contribution is 5.95. The standard InChI is InChI=1S/C18H21N3O4/c1-13-5-4-6-16(21(23)24)18(13)19-17(22)12-20(2)11-14-7-9-15(25-3)10-8-14/h4-10H,11-12H2,1-3H3,(H,19,22). The smallest absolute Gasteiger partial charge is 0.293 e. The van der Waals surface area contributed by atoms with Gasteiger partial charge in [0.1, 0.15) is 11.4 Å². The number of ether oxygens (including phenoxy) is 1. The SMILES string of the molecule is COc1ccc(CN(C)CC(=O)Nc2c(C)cccc2[N+](=O)[O-])cc1. The van der Waals surface area contributed by atoms with Gasteiger partial charge in [0.05, 0.1) is 18.6 Å². The van der Waals surface area contributed by atoms with Crippen molar-refractivity contribution in [2.24, 2.45) is 0 Å². The molecule has 0 aliphatic carbocycles. The van der Waals surface area contributed by atoms with E-state index in [0.29, 0.717) is 12.1 Å². The van der Waals surface area contributed by atoms with E-state index in [-0.39, 0.29) is 23.8 Å². The number of aryl methyl sites for hydroxylation is 1. The zero-order valence-corrected chi connectivity index (χ0v) is 14.5. The Kier molecular flexibility index (Phi) is 6.08. The predicted molar refractivity (Wildman–Crippen MR) is 95.8 cm³/mol. The Bertz CT molecular complexity index is 759. The predicted octanol–water partition coefficient (Wildman–Crippen LogP) is 2.98. The van der Waals surface area contributed by atoms with Crippen molar-refractivity contribution >= 4 is 17.3 Å². The Morgan fingerprint density at radius 2 is 1.92 bits per heavy atom. The minimum Gasteiger partial charge on any atom is -0.497 e. The van der Waals surface area contributed by atoms with E-state index in [2.05, 4.69) is 5.32 Å². The van der Waals surface area contributed by atoms with Crippen molar-refractivity contribution < 1.29 is 14.5 Å². The molecule has 0 aromatic heterocycles. The molecule has 7 nitrogen and oxygen atoms in total. The summed E-state index contributed by atoms with van der Waals surface area (Å²) >= 11 is 0. The molecule has 0 spiro atoms. The summed E-state index contributed by atoms with van der Waals surface area (Å²) in [5, 5.41) is 13.8. The number of para-hydroxylation sites is 1. The Morgan fingerprint density at radius 1 is 1.24 bits per heavy atom. The molecule has 0 saturated carbocycles. The van der Waals surface area contributed by atoms with Crippen molar-refractivity contribution in [3.63, 3.8) is 0 Å². The number of nitrogens with one attached hydrogen (secondary N) is 1. The Morgan fingerprint density at radius 3 is 2.52 bits per heavy atom. The van der Waals surface area contributed by atoms with E-state index >= 15 is 0 Å². The third-order valence-corrected chi connectivity index (χ3v) is 3.74. The van der Waals surface area contributed by atoms with Gasteiger partial charge in [-0.3, -0.25) is 19.8 Å². The fourth-order valence-corrected chi connectivity index (χ4v) is 2.49. The van der Waals surface area contributed by atoms with Gasteiger partial charge in [-0.2, -0.15) is 0 Å². The van der Waals surface area contributed by atoms with Crippen LogP contribution >= 0.6 is 0 Å². The Hall–Kier alpha value is -2.93. The average molecular weight is 343 g/mol. The minimum atomic E-state index is -0.496. The number of nitrogens with zero attached hydrogens (tertiary/aromatic N) is 2. The fourth-order valence-electron chi connectivity index (χ4n) is 2.49. The van der Waals surface area contributed by atoms with Crippen molar-refractivity contribution in [3.05, 3.63) is 63.7 Å². The van der Waals surface area contributed by atoms with Crippen LogP contribution in [0.15, 0.2) is 42.5 Å². The molecule has 2 aromatic rings. The lowest BCUT2D eigenvalue weighted by Crippen LogP contribution is -2.30. The van der Waals surface area contributed by atoms with Gasteiger partial charge in [0.15, 0.2) is 0 Å². The number of carbonyl (C=O) groups excluding carboxylic acids is 1. The van der Waals surface area contributed by atoms with Crippen molar-refractivity contribution in [1.29, 1.82) is 0 Å². The van der Waals surface area contributed by atoms with Crippen LogP contribution in [0.25, 0.3) is 0 Å². The molecule has 25 heavy (non-hydrogen) atoms. The van der Waals surface area contributed by atoms with Crippen LogP contribution in [0.5, 0.6) is 5.75 Å². The first-order valence-corrected chi connectivity index (χ1v) is 7.76. The highest BCUT2D eigenvalue weighted by atomic mass is 16.6. The van der Waals surface area contributed by atoms with Gasteiger partial charge in [0.2, 0.25) is 5.91 Å². The molecule has 1 amide bonds. The summed E-state index contributed by atoms with van der Waals surface area (Å²) in [5.41, 5.74) is 1.83. The van der Waals surface area contributed by atoms with Crippen molar-refractivity contribution in [2.45, 2.75) is 13.5 Å². The Balaban J connectivity index is 1.99. The van der Waals surface area contributed by atoms with Crippen LogP contribution in [-0.4, -0.2) is 36.4 Å². The van der Waals surface area contributed by atoms with E-state index in [1.54, 1.807) is 26.2 Å². The molecule has 0 atom stereocenters. The second-order valence-corrected chi connectivity index (χ2v) is 5.79. The van der Waals surface area contributed by atoms with Gasteiger partial charge in [-0.25, -0.2) is 0 Å². The highest BCUT2D eigenvalue weighted by Crippen LogP contribution is 2.27. The first-order chi connectivity index (χ1) is 11.9. The van der Waals surface area contributed by atoms with Crippen LogP contribution in [0.1, 0.15) is 11.1 Å². The number of hydrogen-bond acceptors (Lipinski definition) is 5. The number of carbonyl (C=O) groups is 1. The van der Waals surface area contributed by atoms with E-state index in [9.17, 15) is 14.9 Å². The number of methoxy groups -OCH3 is 1. The Labute approximate surface area is 146 Å². The van der Waals surface area contributed by atoms with Crippen LogP contribution < -0.4 is 10.1 Å². The molecule has 2 aromatic carbocycles. The van der Waals surface area contributed by atoms with Crippen LogP contribution in [0.3, 0.4) is 0 Å². The van der Waals surface area contributed by atoms with Gasteiger partial charge in [-0.1, -0.05) is 24.3 Å². The number of benzene rings is 2. The summed E-state index contributed by atoms with van der Waals surface area (Å²) < 4.78 is 5.11. The number of nitro groups is 1. The monoisotopic (exact) mass is 343 g/mol. The van der Waals surface area contributed by atoms with Gasteiger partial charge in [0.25, 0.3) is 5.69 Å². The number of hydrogen-bond donors (Lipinski definition) is 1. The van der Waals surface area contributed by atoms with Gasteiger partial charge in [0, 0.05) is 12.6 Å². The number of anilines is 1. The molecule has 0 saturated heterocycles. The van der Waals surface area contributed by atoms with Gasteiger partial charge in [-0.05, 0) is 37.2 Å². The normalized spacial score (nSPS) is 10.6. The maximum absolute atomic E-state index is 12.2. The maximum Gasteiger partial charge on any atom is 0.293 e. The number of amides is 1. The zero-order chi connectivity index (χ0) is 18.4. The van der Waals surface area contributed by atoms with Gasteiger partial charge < -0.3 is 10.1 Å². The molecule has 7 heteroatoms. The maximum atomic E-state index is 12.2. The second kappa shape index (κ2) is 8.25. The summed E-state index contributed by atoms with van der Waals surface area (Å²) in [6, 6.07) is 12.3. The number of nitro benzene ring substituents is 1.